The van der Waals surface area contributed by atoms with E-state index in [1.165, 1.54) is 22.5 Å². The van der Waals surface area contributed by atoms with Crippen LogP contribution in [0.4, 0.5) is 5.13 Å². The highest BCUT2D eigenvalue weighted by molar-refractivity contribution is 7.22. The zero-order chi connectivity index (χ0) is 21.9. The number of hydrogen-bond donors (Lipinski definition) is 1. The molecule has 0 unspecified atom stereocenters. The molecule has 0 aliphatic heterocycles. The van der Waals surface area contributed by atoms with Crippen molar-refractivity contribution in [1.82, 2.24) is 19.5 Å². The van der Waals surface area contributed by atoms with Crippen LogP contribution in [-0.4, -0.2) is 25.4 Å². The van der Waals surface area contributed by atoms with E-state index in [1.807, 2.05) is 42.5 Å². The number of pyridine rings is 1. The lowest BCUT2D eigenvalue weighted by molar-refractivity contribution is -0.116. The van der Waals surface area contributed by atoms with Crippen molar-refractivity contribution in [3.8, 4) is 0 Å². The van der Waals surface area contributed by atoms with Crippen LogP contribution in [0, 0.1) is 6.92 Å². The number of nitrogens with zero attached hydrogens (tertiary/aromatic N) is 4. The molecule has 3 aromatic heterocycles. The number of aryl methyl sites for hydroxylation is 2. The molecule has 0 aliphatic carbocycles. The molecule has 0 fully saturated rings. The van der Waals surface area contributed by atoms with Gasteiger partial charge in [0.2, 0.25) is 5.91 Å². The molecule has 5 rings (SSSR count). The molecule has 3 heterocycles. The highest BCUT2D eigenvalue weighted by Gasteiger charge is 2.13. The van der Waals surface area contributed by atoms with Gasteiger partial charge in [-0.15, -0.1) is 0 Å². The lowest BCUT2D eigenvalue weighted by atomic mass is 10.2. The van der Waals surface area contributed by atoms with Gasteiger partial charge in [0, 0.05) is 19.0 Å². The molecule has 1 N–H and O–H groups in total. The summed E-state index contributed by atoms with van der Waals surface area (Å²) in [6, 6.07) is 20.3. The first-order valence-electron chi connectivity index (χ1n) is 10.7. The zero-order valence-corrected chi connectivity index (χ0v) is 18.6. The molecule has 5 aromatic rings. The summed E-state index contributed by atoms with van der Waals surface area (Å²) in [5, 5.41) is 3.60. The molecule has 0 bridgehead atoms. The number of carbonyl (C=O) groups is 1. The van der Waals surface area contributed by atoms with Gasteiger partial charge in [0.05, 0.1) is 16.8 Å². The smallest absolute Gasteiger partial charge is 0.226 e. The minimum atomic E-state index is -0.0235. The van der Waals surface area contributed by atoms with Gasteiger partial charge in [-0.25, -0.2) is 15.0 Å². The van der Waals surface area contributed by atoms with E-state index in [9.17, 15) is 4.79 Å². The quantitative estimate of drug-likeness (QED) is 0.369. The standard InChI is InChI=1S/C25H23N5OS/c1-17-12-13-19-21(15-17)32-25(28-19)29-23(31)11-5-10-22-27-20-9-6-14-26-24(20)30(22)16-18-7-3-2-4-8-18/h2-4,6-9,12-15H,5,10-11,16H2,1H3,(H,28,29,31). The monoisotopic (exact) mass is 441 g/mol. The van der Waals surface area contributed by atoms with Crippen LogP contribution in [0.2, 0.25) is 0 Å². The predicted octanol–water partition coefficient (Wildman–Crippen LogP) is 5.36. The summed E-state index contributed by atoms with van der Waals surface area (Å²) >= 11 is 1.51. The Labute approximate surface area is 190 Å². The van der Waals surface area contributed by atoms with Crippen molar-refractivity contribution in [2.45, 2.75) is 32.7 Å². The van der Waals surface area contributed by atoms with Crippen LogP contribution >= 0.6 is 11.3 Å². The summed E-state index contributed by atoms with van der Waals surface area (Å²) in [6.45, 7) is 2.76. The Balaban J connectivity index is 1.26. The van der Waals surface area contributed by atoms with Crippen LogP contribution in [0.1, 0.15) is 29.8 Å². The van der Waals surface area contributed by atoms with E-state index in [4.69, 9.17) is 4.98 Å². The number of anilines is 1. The van der Waals surface area contributed by atoms with E-state index in [-0.39, 0.29) is 5.91 Å². The van der Waals surface area contributed by atoms with Gasteiger partial charge in [-0.2, -0.15) is 0 Å². The molecular weight excluding hydrogens is 418 g/mol. The summed E-state index contributed by atoms with van der Waals surface area (Å²) in [5.41, 5.74) is 5.06. The molecule has 0 spiro atoms. The molecule has 32 heavy (non-hydrogen) atoms. The zero-order valence-electron chi connectivity index (χ0n) is 17.8. The molecule has 0 radical (unpaired) electrons. The SMILES string of the molecule is Cc1ccc2nc(NC(=O)CCCc3nc4cccnc4n3Cc3ccccc3)sc2c1. The van der Waals surface area contributed by atoms with Crippen molar-refractivity contribution >= 4 is 43.8 Å². The molecular formula is C25H23N5OS. The number of nitrogens with one attached hydrogen (secondary N) is 1. The second-order valence-corrected chi connectivity index (χ2v) is 8.87. The Hall–Kier alpha value is -3.58. The van der Waals surface area contributed by atoms with Gasteiger partial charge >= 0.3 is 0 Å². The Morgan fingerprint density at radius 3 is 2.78 bits per heavy atom. The van der Waals surface area contributed by atoms with Gasteiger partial charge in [0.1, 0.15) is 11.3 Å². The molecule has 0 atom stereocenters. The minimum absolute atomic E-state index is 0.0235. The van der Waals surface area contributed by atoms with Crippen molar-refractivity contribution in [3.05, 3.63) is 83.8 Å². The Morgan fingerprint density at radius 2 is 1.91 bits per heavy atom. The van der Waals surface area contributed by atoms with Crippen molar-refractivity contribution in [1.29, 1.82) is 0 Å². The first-order valence-corrected chi connectivity index (χ1v) is 11.5. The van der Waals surface area contributed by atoms with E-state index in [1.54, 1.807) is 6.20 Å². The van der Waals surface area contributed by atoms with E-state index >= 15 is 0 Å². The molecule has 0 saturated carbocycles. The molecule has 1 amide bonds. The van der Waals surface area contributed by atoms with Crippen LogP contribution in [0.3, 0.4) is 0 Å². The van der Waals surface area contributed by atoms with Gasteiger partial charge in [-0.3, -0.25) is 4.79 Å². The molecule has 0 saturated heterocycles. The summed E-state index contributed by atoms with van der Waals surface area (Å²) in [4.78, 5) is 26.3. The van der Waals surface area contributed by atoms with E-state index in [0.29, 0.717) is 30.9 Å². The van der Waals surface area contributed by atoms with Crippen LogP contribution < -0.4 is 5.32 Å². The number of benzene rings is 2. The number of hydrogen-bond acceptors (Lipinski definition) is 5. The third-order valence-corrected chi connectivity index (χ3v) is 6.29. The lowest BCUT2D eigenvalue weighted by Gasteiger charge is -2.09. The van der Waals surface area contributed by atoms with Gasteiger partial charge in [0.15, 0.2) is 10.8 Å². The molecule has 160 valence electrons. The maximum absolute atomic E-state index is 12.5. The molecule has 0 aliphatic rings. The number of aromatic nitrogens is 4. The van der Waals surface area contributed by atoms with Crippen molar-refractivity contribution < 1.29 is 4.79 Å². The normalized spacial score (nSPS) is 11.3. The average molecular weight is 442 g/mol. The van der Waals surface area contributed by atoms with Crippen LogP contribution in [0.15, 0.2) is 66.9 Å². The van der Waals surface area contributed by atoms with Crippen molar-refractivity contribution in [3.63, 3.8) is 0 Å². The van der Waals surface area contributed by atoms with E-state index < -0.39 is 0 Å². The molecule has 7 heteroatoms. The van der Waals surface area contributed by atoms with E-state index in [0.717, 1.165) is 27.2 Å². The number of rotatable bonds is 7. The third-order valence-electron chi connectivity index (χ3n) is 5.36. The highest BCUT2D eigenvalue weighted by Crippen LogP contribution is 2.27. The maximum Gasteiger partial charge on any atom is 0.226 e. The fraction of sp³-hybridized carbons (Fsp3) is 0.200. The second-order valence-electron chi connectivity index (χ2n) is 7.84. The van der Waals surface area contributed by atoms with Crippen LogP contribution in [0.25, 0.3) is 21.4 Å². The van der Waals surface area contributed by atoms with Gasteiger partial charge in [-0.05, 0) is 48.7 Å². The number of fused-ring (bicyclic) bond motifs is 2. The van der Waals surface area contributed by atoms with Crippen molar-refractivity contribution in [2.75, 3.05) is 5.32 Å². The summed E-state index contributed by atoms with van der Waals surface area (Å²) < 4.78 is 3.24. The number of thiazole rings is 1. The largest absolute Gasteiger partial charge is 0.308 e. The maximum atomic E-state index is 12.5. The van der Waals surface area contributed by atoms with Crippen molar-refractivity contribution in [2.24, 2.45) is 0 Å². The Bertz CT molecular complexity index is 1390. The summed E-state index contributed by atoms with van der Waals surface area (Å²) in [5.74, 6) is 0.926. The first kappa shape index (κ1) is 20.3. The fourth-order valence-electron chi connectivity index (χ4n) is 3.80. The predicted molar refractivity (Wildman–Crippen MR) is 129 cm³/mol. The first-order chi connectivity index (χ1) is 15.7. The third kappa shape index (κ3) is 4.38. The van der Waals surface area contributed by atoms with Gasteiger partial charge < -0.3 is 9.88 Å². The highest BCUT2D eigenvalue weighted by atomic mass is 32.1. The molecule has 6 nitrogen and oxygen atoms in total. The minimum Gasteiger partial charge on any atom is -0.308 e. The summed E-state index contributed by atoms with van der Waals surface area (Å²) in [7, 11) is 0. The molecule has 2 aromatic carbocycles. The number of amides is 1. The Kier molecular flexibility index (Phi) is 5.64. The lowest BCUT2D eigenvalue weighted by Crippen LogP contribution is -2.12. The van der Waals surface area contributed by atoms with Gasteiger partial charge in [0.25, 0.3) is 0 Å². The van der Waals surface area contributed by atoms with Crippen LogP contribution in [-0.2, 0) is 17.8 Å². The van der Waals surface area contributed by atoms with E-state index in [2.05, 4.69) is 45.0 Å². The second kappa shape index (κ2) is 8.88. The number of imidazole rings is 1. The topological polar surface area (TPSA) is 72.7 Å². The number of carbonyl (C=O) groups excluding carboxylic acids is 1. The van der Waals surface area contributed by atoms with Crippen LogP contribution in [0.5, 0.6) is 0 Å². The average Bonchev–Trinajstić information content (AvgIpc) is 3.35. The summed E-state index contributed by atoms with van der Waals surface area (Å²) in [6.07, 6.45) is 3.61. The fourth-order valence-corrected chi connectivity index (χ4v) is 4.78. The Morgan fingerprint density at radius 1 is 1.03 bits per heavy atom. The van der Waals surface area contributed by atoms with Gasteiger partial charge in [-0.1, -0.05) is 47.7 Å².